The van der Waals surface area contributed by atoms with Crippen molar-refractivity contribution in [1.29, 1.82) is 0 Å². The van der Waals surface area contributed by atoms with Crippen molar-refractivity contribution in [1.82, 2.24) is 20.1 Å². The number of aryl methyl sites for hydroxylation is 2. The summed E-state index contributed by atoms with van der Waals surface area (Å²) in [5.41, 5.74) is 0.929. The molecule has 0 saturated heterocycles. The van der Waals surface area contributed by atoms with Crippen LogP contribution in [0.2, 0.25) is 0 Å². The Kier molecular flexibility index (Phi) is 5.65. The van der Waals surface area contributed by atoms with Gasteiger partial charge < -0.3 is 15.2 Å². The van der Waals surface area contributed by atoms with E-state index in [-0.39, 0.29) is 18.1 Å². The van der Waals surface area contributed by atoms with Crippen LogP contribution in [-0.2, 0) is 11.3 Å². The fourth-order valence-corrected chi connectivity index (χ4v) is 3.10. The van der Waals surface area contributed by atoms with E-state index in [2.05, 4.69) is 15.4 Å². The van der Waals surface area contributed by atoms with Crippen molar-refractivity contribution in [3.63, 3.8) is 0 Å². The molecule has 1 amide bonds. The number of nitrogens with zero attached hydrogens (tertiary/aromatic N) is 3. The molecule has 1 aliphatic carbocycles. The monoisotopic (exact) mass is 344 g/mol. The Morgan fingerprint density at radius 2 is 2.32 bits per heavy atom. The second kappa shape index (κ2) is 8.11. The summed E-state index contributed by atoms with van der Waals surface area (Å²) < 4.78 is 7.58. The second-order valence-corrected chi connectivity index (χ2v) is 6.41. The van der Waals surface area contributed by atoms with Crippen molar-refractivity contribution in [3.8, 4) is 5.75 Å². The molecule has 3 atom stereocenters. The molecule has 0 bridgehead atoms. The van der Waals surface area contributed by atoms with E-state index in [9.17, 15) is 9.90 Å². The fraction of sp³-hybridized carbons (Fsp3) is 0.500. The van der Waals surface area contributed by atoms with Crippen LogP contribution in [0.25, 0.3) is 0 Å². The zero-order chi connectivity index (χ0) is 17.6. The van der Waals surface area contributed by atoms with Crippen molar-refractivity contribution in [2.45, 2.75) is 57.4 Å². The molecular weight excluding hydrogens is 320 g/mol. The highest BCUT2D eigenvalue weighted by Gasteiger charge is 2.34. The number of aliphatic hydroxyl groups excluding tert-OH is 1. The molecule has 0 aliphatic heterocycles. The minimum Gasteiger partial charge on any atom is -0.486 e. The second-order valence-electron chi connectivity index (χ2n) is 6.41. The molecule has 1 saturated carbocycles. The lowest BCUT2D eigenvalue weighted by Gasteiger charge is -2.35. The number of carbonyl (C=O) groups is 1. The van der Waals surface area contributed by atoms with Gasteiger partial charge in [-0.2, -0.15) is 5.10 Å². The third-order valence-electron chi connectivity index (χ3n) is 4.41. The Hall–Kier alpha value is -2.41. The average molecular weight is 344 g/mol. The lowest BCUT2D eigenvalue weighted by molar-refractivity contribution is -0.124. The summed E-state index contributed by atoms with van der Waals surface area (Å²) in [5.74, 6) is 0.548. The SMILES string of the molecule is Cc1ccn(CCC(=O)N[C@@H]2CCC[C@@H](Oc3cccnc3)[C@@H]2O)n1. The molecule has 2 aromatic rings. The first kappa shape index (κ1) is 17.4. The highest BCUT2D eigenvalue weighted by atomic mass is 16.5. The highest BCUT2D eigenvalue weighted by Crippen LogP contribution is 2.24. The normalized spacial score (nSPS) is 23.2. The predicted molar refractivity (Wildman–Crippen MR) is 92.0 cm³/mol. The molecule has 25 heavy (non-hydrogen) atoms. The smallest absolute Gasteiger partial charge is 0.222 e. The topological polar surface area (TPSA) is 89.3 Å². The number of ether oxygens (including phenoxy) is 1. The minimum atomic E-state index is -0.732. The van der Waals surface area contributed by atoms with Gasteiger partial charge in [0.15, 0.2) is 0 Å². The predicted octanol–water partition coefficient (Wildman–Crippen LogP) is 1.45. The average Bonchev–Trinajstić information content (AvgIpc) is 3.03. The molecule has 2 aromatic heterocycles. The summed E-state index contributed by atoms with van der Waals surface area (Å²) in [4.78, 5) is 16.2. The Labute approximate surface area is 147 Å². The molecule has 1 aliphatic rings. The number of aromatic nitrogens is 3. The third-order valence-corrected chi connectivity index (χ3v) is 4.41. The lowest BCUT2D eigenvalue weighted by Crippen LogP contribution is -2.52. The van der Waals surface area contributed by atoms with Gasteiger partial charge in [0, 0.05) is 25.4 Å². The standard InChI is InChI=1S/C18H24N4O3/c1-13-7-10-22(21-13)11-8-17(23)20-15-5-2-6-16(18(15)24)25-14-4-3-9-19-12-14/h3-4,7,9-10,12,15-16,18,24H,2,5-6,8,11H2,1H3,(H,20,23)/t15-,16-,18-/m1/s1. The summed E-state index contributed by atoms with van der Waals surface area (Å²) in [5, 5.41) is 17.8. The van der Waals surface area contributed by atoms with Gasteiger partial charge in [-0.05, 0) is 44.4 Å². The van der Waals surface area contributed by atoms with E-state index in [4.69, 9.17) is 4.74 Å². The molecule has 0 aromatic carbocycles. The van der Waals surface area contributed by atoms with Gasteiger partial charge in [-0.3, -0.25) is 14.5 Å². The number of rotatable bonds is 6. The number of hydrogen-bond acceptors (Lipinski definition) is 5. The molecule has 7 nitrogen and oxygen atoms in total. The third kappa shape index (κ3) is 4.79. The van der Waals surface area contributed by atoms with Gasteiger partial charge in [0.2, 0.25) is 5.91 Å². The summed E-state index contributed by atoms with van der Waals surface area (Å²) in [6.45, 7) is 2.44. The fourth-order valence-electron chi connectivity index (χ4n) is 3.10. The number of amides is 1. The molecule has 134 valence electrons. The van der Waals surface area contributed by atoms with E-state index in [0.717, 1.165) is 25.0 Å². The van der Waals surface area contributed by atoms with Crippen LogP contribution in [0, 0.1) is 6.92 Å². The van der Waals surface area contributed by atoms with E-state index in [1.54, 1.807) is 23.1 Å². The van der Waals surface area contributed by atoms with Crippen LogP contribution >= 0.6 is 0 Å². The van der Waals surface area contributed by atoms with Crippen LogP contribution in [0.3, 0.4) is 0 Å². The number of aliphatic hydroxyl groups is 1. The summed E-state index contributed by atoms with van der Waals surface area (Å²) in [6.07, 6.45) is 6.83. The van der Waals surface area contributed by atoms with Gasteiger partial charge in [-0.15, -0.1) is 0 Å². The van der Waals surface area contributed by atoms with Crippen LogP contribution in [0.15, 0.2) is 36.8 Å². The van der Waals surface area contributed by atoms with Gasteiger partial charge in [0.05, 0.1) is 17.9 Å². The highest BCUT2D eigenvalue weighted by molar-refractivity contribution is 5.76. The lowest BCUT2D eigenvalue weighted by atomic mass is 9.89. The molecule has 7 heteroatoms. The maximum atomic E-state index is 12.2. The molecule has 2 heterocycles. The molecule has 3 rings (SSSR count). The van der Waals surface area contributed by atoms with E-state index in [0.29, 0.717) is 18.7 Å². The number of nitrogens with one attached hydrogen (secondary N) is 1. The number of hydrogen-bond donors (Lipinski definition) is 2. The van der Waals surface area contributed by atoms with Crippen LogP contribution in [-0.4, -0.2) is 44.0 Å². The molecule has 0 radical (unpaired) electrons. The summed E-state index contributed by atoms with van der Waals surface area (Å²) in [6, 6.07) is 5.22. The molecule has 0 spiro atoms. The van der Waals surface area contributed by atoms with Gasteiger partial charge in [-0.1, -0.05) is 0 Å². The zero-order valence-electron chi connectivity index (χ0n) is 14.3. The molecule has 2 N–H and O–H groups in total. The van der Waals surface area contributed by atoms with Gasteiger partial charge in [0.25, 0.3) is 0 Å². The van der Waals surface area contributed by atoms with Crippen molar-refractivity contribution >= 4 is 5.91 Å². The van der Waals surface area contributed by atoms with Crippen molar-refractivity contribution in [3.05, 3.63) is 42.5 Å². The number of pyridine rings is 1. The van der Waals surface area contributed by atoms with E-state index in [1.807, 2.05) is 25.3 Å². The summed E-state index contributed by atoms with van der Waals surface area (Å²) >= 11 is 0. The van der Waals surface area contributed by atoms with Gasteiger partial charge >= 0.3 is 0 Å². The quantitative estimate of drug-likeness (QED) is 0.828. The maximum absolute atomic E-state index is 12.2. The zero-order valence-corrected chi connectivity index (χ0v) is 14.3. The Balaban J connectivity index is 1.50. The van der Waals surface area contributed by atoms with Crippen molar-refractivity contribution in [2.75, 3.05) is 0 Å². The van der Waals surface area contributed by atoms with Crippen molar-refractivity contribution < 1.29 is 14.6 Å². The Bertz CT molecular complexity index is 689. The van der Waals surface area contributed by atoms with E-state index in [1.165, 1.54) is 0 Å². The van der Waals surface area contributed by atoms with Gasteiger partial charge in [0.1, 0.15) is 18.0 Å². The van der Waals surface area contributed by atoms with E-state index < -0.39 is 6.10 Å². The van der Waals surface area contributed by atoms with E-state index >= 15 is 0 Å². The van der Waals surface area contributed by atoms with Crippen molar-refractivity contribution in [2.24, 2.45) is 0 Å². The van der Waals surface area contributed by atoms with Gasteiger partial charge in [-0.25, -0.2) is 0 Å². The Morgan fingerprint density at radius 3 is 3.04 bits per heavy atom. The summed E-state index contributed by atoms with van der Waals surface area (Å²) in [7, 11) is 0. The Morgan fingerprint density at radius 1 is 1.44 bits per heavy atom. The largest absolute Gasteiger partial charge is 0.486 e. The molecular formula is C18H24N4O3. The minimum absolute atomic E-state index is 0.0840. The van der Waals surface area contributed by atoms with Crippen LogP contribution in [0.1, 0.15) is 31.4 Å². The number of carbonyl (C=O) groups excluding carboxylic acids is 1. The van der Waals surface area contributed by atoms with Crippen LogP contribution in [0.4, 0.5) is 0 Å². The first-order chi connectivity index (χ1) is 12.1. The maximum Gasteiger partial charge on any atom is 0.222 e. The first-order valence-corrected chi connectivity index (χ1v) is 8.66. The molecule has 1 fully saturated rings. The first-order valence-electron chi connectivity index (χ1n) is 8.66. The molecule has 0 unspecified atom stereocenters. The van der Waals surface area contributed by atoms with Crippen LogP contribution in [0.5, 0.6) is 5.75 Å². The van der Waals surface area contributed by atoms with Crippen LogP contribution < -0.4 is 10.1 Å².